The van der Waals surface area contributed by atoms with Gasteiger partial charge in [-0.3, -0.25) is 9.48 Å². The van der Waals surface area contributed by atoms with Crippen LogP contribution in [-0.4, -0.2) is 57.5 Å². The molecule has 1 aromatic carbocycles. The Morgan fingerprint density at radius 1 is 1.12 bits per heavy atom. The highest BCUT2D eigenvalue weighted by molar-refractivity contribution is 5.95. The van der Waals surface area contributed by atoms with Crippen LogP contribution in [0.5, 0.6) is 11.5 Å². The summed E-state index contributed by atoms with van der Waals surface area (Å²) in [4.78, 5) is 14.8. The van der Waals surface area contributed by atoms with Crippen molar-refractivity contribution >= 4 is 17.1 Å². The van der Waals surface area contributed by atoms with E-state index >= 15 is 0 Å². The Bertz CT molecular complexity index is 1430. The highest BCUT2D eigenvalue weighted by atomic mass is 16.5. The van der Waals surface area contributed by atoms with E-state index < -0.39 is 0 Å². The third kappa shape index (κ3) is 3.57. The summed E-state index contributed by atoms with van der Waals surface area (Å²) in [5.41, 5.74) is 9.75. The Labute approximate surface area is 195 Å². The van der Waals surface area contributed by atoms with E-state index in [1.165, 1.54) is 13.3 Å². The minimum absolute atomic E-state index is 0.0599. The van der Waals surface area contributed by atoms with Gasteiger partial charge in [-0.25, -0.2) is 4.52 Å². The van der Waals surface area contributed by atoms with Crippen LogP contribution in [0.4, 0.5) is 5.69 Å². The maximum Gasteiger partial charge on any atom is 0.254 e. The molecule has 0 radical (unpaired) electrons. The van der Waals surface area contributed by atoms with Gasteiger partial charge in [0.25, 0.3) is 5.91 Å². The summed E-state index contributed by atoms with van der Waals surface area (Å²) in [6.45, 7) is 1.19. The molecule has 1 amide bonds. The Hall–Kier alpha value is -4.52. The average Bonchev–Trinajstić information content (AvgIpc) is 3.62. The van der Waals surface area contributed by atoms with Gasteiger partial charge in [0.2, 0.25) is 0 Å². The number of aromatic nitrogens is 4. The molecule has 3 aromatic heterocycles. The van der Waals surface area contributed by atoms with Crippen LogP contribution in [0.3, 0.4) is 0 Å². The number of anilines is 1. The van der Waals surface area contributed by atoms with E-state index in [9.17, 15) is 10.1 Å². The number of likely N-dealkylation sites (tertiary alicyclic amines) is 1. The summed E-state index contributed by atoms with van der Waals surface area (Å²) >= 11 is 0. The summed E-state index contributed by atoms with van der Waals surface area (Å²) in [5, 5.41) is 18.1. The van der Waals surface area contributed by atoms with Crippen molar-refractivity contribution in [2.45, 2.75) is 12.5 Å². The largest absolute Gasteiger partial charge is 0.495 e. The number of nitrogens with two attached hydrogens (primary N) is 1. The van der Waals surface area contributed by atoms with Crippen LogP contribution in [0.1, 0.15) is 28.4 Å². The predicted molar refractivity (Wildman–Crippen MR) is 125 cm³/mol. The first-order valence-electron chi connectivity index (χ1n) is 10.7. The molecule has 0 bridgehead atoms. The average molecular weight is 457 g/mol. The number of nitrogens with zero attached hydrogens (tertiary/aromatic N) is 6. The maximum atomic E-state index is 13.0. The molecule has 10 nitrogen and oxygen atoms in total. The number of nitriles is 1. The third-order valence-electron chi connectivity index (χ3n) is 6.16. The lowest BCUT2D eigenvalue weighted by Crippen LogP contribution is -2.29. The van der Waals surface area contributed by atoms with E-state index in [-0.39, 0.29) is 11.9 Å². The molecule has 1 atom stereocenters. The Morgan fingerprint density at radius 2 is 1.94 bits per heavy atom. The summed E-state index contributed by atoms with van der Waals surface area (Å²) in [6, 6.07) is 9.15. The Kier molecular flexibility index (Phi) is 5.30. The minimum atomic E-state index is -0.0599. The van der Waals surface area contributed by atoms with Gasteiger partial charge < -0.3 is 20.1 Å². The molecule has 0 unspecified atom stereocenters. The minimum Gasteiger partial charge on any atom is -0.495 e. The first-order valence-corrected chi connectivity index (χ1v) is 10.7. The third-order valence-corrected chi connectivity index (χ3v) is 6.16. The summed E-state index contributed by atoms with van der Waals surface area (Å²) in [5.74, 6) is 0.996. The van der Waals surface area contributed by atoms with Crippen LogP contribution < -0.4 is 15.2 Å². The topological polar surface area (TPSA) is 124 Å². The van der Waals surface area contributed by atoms with Crippen molar-refractivity contribution in [3.63, 3.8) is 0 Å². The molecule has 1 fully saturated rings. The summed E-state index contributed by atoms with van der Waals surface area (Å²) in [6.07, 6.45) is 7.90. The van der Waals surface area contributed by atoms with Crippen molar-refractivity contribution in [3.8, 4) is 28.7 Å². The maximum absolute atomic E-state index is 13.0. The SMILES string of the molecule is COc1cc(C(=O)N2CC[C@H](n3cc(-c4cc(OC)c5c(C#N)cnn5c4)cn3)C2)ccc1N. The van der Waals surface area contributed by atoms with Crippen molar-refractivity contribution in [3.05, 3.63) is 60.2 Å². The van der Waals surface area contributed by atoms with E-state index in [1.807, 2.05) is 28.0 Å². The van der Waals surface area contributed by atoms with E-state index in [0.29, 0.717) is 46.9 Å². The number of methoxy groups -OCH3 is 2. The lowest BCUT2D eigenvalue weighted by molar-refractivity contribution is 0.0786. The van der Waals surface area contributed by atoms with Crippen LogP contribution in [0.15, 0.2) is 49.1 Å². The molecule has 172 valence electrons. The molecule has 34 heavy (non-hydrogen) atoms. The zero-order valence-electron chi connectivity index (χ0n) is 18.8. The number of carbonyl (C=O) groups excluding carboxylic acids is 1. The lowest BCUT2D eigenvalue weighted by atomic mass is 10.1. The van der Waals surface area contributed by atoms with Gasteiger partial charge in [0.1, 0.15) is 28.6 Å². The molecule has 2 N–H and O–H groups in total. The van der Waals surface area contributed by atoms with Gasteiger partial charge in [0, 0.05) is 42.2 Å². The summed E-state index contributed by atoms with van der Waals surface area (Å²) in [7, 11) is 3.10. The molecule has 1 saturated heterocycles. The zero-order chi connectivity index (χ0) is 23.8. The van der Waals surface area contributed by atoms with Gasteiger partial charge in [-0.15, -0.1) is 0 Å². The number of carbonyl (C=O) groups is 1. The smallest absolute Gasteiger partial charge is 0.254 e. The number of ether oxygens (including phenoxy) is 2. The van der Waals surface area contributed by atoms with E-state index in [1.54, 1.807) is 36.0 Å². The molecule has 0 saturated carbocycles. The van der Waals surface area contributed by atoms with Crippen molar-refractivity contribution in [1.82, 2.24) is 24.3 Å². The fourth-order valence-corrected chi connectivity index (χ4v) is 4.34. The molecule has 5 rings (SSSR count). The molecule has 10 heteroatoms. The van der Waals surface area contributed by atoms with E-state index in [2.05, 4.69) is 16.3 Å². The van der Waals surface area contributed by atoms with Crippen molar-refractivity contribution in [2.24, 2.45) is 0 Å². The molecule has 0 aliphatic carbocycles. The molecule has 4 aromatic rings. The molecule has 1 aliphatic rings. The quantitative estimate of drug-likeness (QED) is 0.457. The number of hydrogen-bond acceptors (Lipinski definition) is 7. The van der Waals surface area contributed by atoms with Gasteiger partial charge >= 0.3 is 0 Å². The van der Waals surface area contributed by atoms with Crippen LogP contribution in [-0.2, 0) is 0 Å². The number of amides is 1. The normalized spacial score (nSPS) is 15.4. The molecule has 4 heterocycles. The highest BCUT2D eigenvalue weighted by Crippen LogP contribution is 2.31. The molecule has 1 aliphatic heterocycles. The van der Waals surface area contributed by atoms with Gasteiger partial charge in [-0.2, -0.15) is 15.5 Å². The van der Waals surface area contributed by atoms with E-state index in [4.69, 9.17) is 15.2 Å². The first-order chi connectivity index (χ1) is 16.5. The molecule has 0 spiro atoms. The van der Waals surface area contributed by atoms with Crippen molar-refractivity contribution in [1.29, 1.82) is 5.26 Å². The number of nitrogen functional groups attached to an aromatic ring is 1. The highest BCUT2D eigenvalue weighted by Gasteiger charge is 2.29. The second kappa shape index (κ2) is 8.44. The van der Waals surface area contributed by atoms with Crippen molar-refractivity contribution in [2.75, 3.05) is 33.0 Å². The summed E-state index contributed by atoms with van der Waals surface area (Å²) < 4.78 is 14.3. The van der Waals surface area contributed by atoms with Gasteiger partial charge in [0.15, 0.2) is 0 Å². The first kappa shape index (κ1) is 21.3. The Balaban J connectivity index is 1.36. The van der Waals surface area contributed by atoms with Crippen LogP contribution in [0.2, 0.25) is 0 Å². The number of benzene rings is 1. The second-order valence-corrected chi connectivity index (χ2v) is 8.12. The fraction of sp³-hybridized carbons (Fsp3) is 0.250. The van der Waals surface area contributed by atoms with E-state index in [0.717, 1.165) is 17.5 Å². The van der Waals surface area contributed by atoms with Crippen LogP contribution >= 0.6 is 0 Å². The molecular formula is C24H23N7O3. The molecular weight excluding hydrogens is 434 g/mol. The van der Waals surface area contributed by atoms with Crippen molar-refractivity contribution < 1.29 is 14.3 Å². The monoisotopic (exact) mass is 457 g/mol. The number of fused-ring (bicyclic) bond motifs is 1. The lowest BCUT2D eigenvalue weighted by Gasteiger charge is -2.17. The van der Waals surface area contributed by atoms with Crippen LogP contribution in [0, 0.1) is 11.3 Å². The number of hydrogen-bond donors (Lipinski definition) is 1. The van der Waals surface area contributed by atoms with Crippen LogP contribution in [0.25, 0.3) is 16.6 Å². The fourth-order valence-electron chi connectivity index (χ4n) is 4.34. The standard InChI is InChI=1S/C24H23N7O3/c1-33-21-7-15(3-4-20(21)26)24(32)29-6-5-19(14-29)30-13-18(11-27-30)16-8-22(34-2)23-17(9-25)10-28-31(23)12-16/h3-4,7-8,10-13,19H,5-6,14,26H2,1-2H3/t19-/m0/s1. The van der Waals surface area contributed by atoms with Gasteiger partial charge in [-0.05, 0) is 30.7 Å². The number of rotatable bonds is 5. The second-order valence-electron chi connectivity index (χ2n) is 8.12. The Morgan fingerprint density at radius 3 is 2.71 bits per heavy atom. The van der Waals surface area contributed by atoms with Gasteiger partial charge in [-0.1, -0.05) is 0 Å². The van der Waals surface area contributed by atoms with Gasteiger partial charge in [0.05, 0.1) is 38.3 Å². The predicted octanol–water partition coefficient (Wildman–Crippen LogP) is 2.76. The number of pyridine rings is 1. The zero-order valence-corrected chi connectivity index (χ0v) is 18.8.